The first-order valence-electron chi connectivity index (χ1n) is 3.96. The zero-order valence-corrected chi connectivity index (χ0v) is 8.40. The number of cyclic esters (lactones) is 1. The fourth-order valence-corrected chi connectivity index (χ4v) is 1.62. The number of ether oxygens (including phenoxy) is 1. The molecule has 1 fully saturated rings. The Morgan fingerprint density at radius 3 is 2.62 bits per heavy atom. The van der Waals surface area contributed by atoms with Crippen molar-refractivity contribution in [3.8, 4) is 0 Å². The largest absolute Gasteiger partial charge is 0.439 e. The van der Waals surface area contributed by atoms with Crippen molar-refractivity contribution in [3.63, 3.8) is 0 Å². The quantitative estimate of drug-likeness (QED) is 0.708. The highest BCUT2D eigenvalue weighted by Gasteiger charge is 2.30. The zero-order chi connectivity index (χ0) is 9.26. The fourth-order valence-electron chi connectivity index (χ4n) is 1.28. The molecule has 68 valence electrons. The maximum atomic E-state index is 11.0. The molecule has 1 heterocycles. The monoisotopic (exact) mass is 241 g/mol. The number of carbonyl (C=O) groups is 1. The predicted octanol–water partition coefficient (Wildman–Crippen LogP) is 2.49. The van der Waals surface area contributed by atoms with Gasteiger partial charge in [0, 0.05) is 0 Å². The lowest BCUT2D eigenvalue weighted by Gasteiger charge is -2.06. The molecular formula is C9H8BrNO2. The lowest BCUT2D eigenvalue weighted by molar-refractivity contribution is 0.138. The zero-order valence-electron chi connectivity index (χ0n) is 6.81. The van der Waals surface area contributed by atoms with E-state index in [0.29, 0.717) is 6.54 Å². The van der Waals surface area contributed by atoms with Crippen molar-refractivity contribution in [2.24, 2.45) is 0 Å². The van der Waals surface area contributed by atoms with Crippen LogP contribution in [0.15, 0.2) is 30.3 Å². The average molecular weight is 242 g/mol. The highest BCUT2D eigenvalue weighted by atomic mass is 79.9. The molecule has 0 aliphatic carbocycles. The number of halogens is 1. The second kappa shape index (κ2) is 3.38. The van der Waals surface area contributed by atoms with E-state index in [1.54, 1.807) is 0 Å². The van der Waals surface area contributed by atoms with Gasteiger partial charge in [-0.3, -0.25) is 0 Å². The van der Waals surface area contributed by atoms with Gasteiger partial charge < -0.3 is 4.74 Å². The van der Waals surface area contributed by atoms with Crippen LogP contribution in [0.3, 0.4) is 0 Å². The first kappa shape index (κ1) is 8.56. The molecule has 1 aliphatic rings. The number of amides is 1. The summed E-state index contributed by atoms with van der Waals surface area (Å²) >= 11 is 3.10. The highest BCUT2D eigenvalue weighted by Crippen LogP contribution is 2.27. The van der Waals surface area contributed by atoms with E-state index in [4.69, 9.17) is 4.74 Å². The number of carbonyl (C=O) groups excluding carboxylic acids is 1. The lowest BCUT2D eigenvalue weighted by Crippen LogP contribution is -2.10. The molecule has 1 atom stereocenters. The Hall–Kier alpha value is -1.03. The summed E-state index contributed by atoms with van der Waals surface area (Å²) in [5.41, 5.74) is 1.03. The molecule has 0 spiro atoms. The van der Waals surface area contributed by atoms with Gasteiger partial charge in [0.05, 0.1) is 22.7 Å². The van der Waals surface area contributed by atoms with E-state index in [9.17, 15) is 4.79 Å². The molecule has 0 aromatic heterocycles. The SMILES string of the molecule is O=C1OC(c2ccccc2)CN1Br. The Morgan fingerprint density at radius 1 is 1.38 bits per heavy atom. The minimum absolute atomic E-state index is 0.145. The summed E-state index contributed by atoms with van der Waals surface area (Å²) in [6, 6.07) is 9.69. The summed E-state index contributed by atoms with van der Waals surface area (Å²) in [5, 5.41) is 0. The van der Waals surface area contributed by atoms with Gasteiger partial charge in [0.15, 0.2) is 0 Å². The van der Waals surface area contributed by atoms with Gasteiger partial charge >= 0.3 is 6.09 Å². The summed E-state index contributed by atoms with van der Waals surface area (Å²) in [4.78, 5) is 11.0. The van der Waals surface area contributed by atoms with Crippen LogP contribution in [-0.2, 0) is 4.74 Å². The van der Waals surface area contributed by atoms with Crippen LogP contribution in [0.2, 0.25) is 0 Å². The van der Waals surface area contributed by atoms with E-state index in [1.165, 1.54) is 3.93 Å². The predicted molar refractivity (Wildman–Crippen MR) is 51.3 cm³/mol. The summed E-state index contributed by atoms with van der Waals surface area (Å²) < 4.78 is 6.49. The van der Waals surface area contributed by atoms with E-state index in [-0.39, 0.29) is 12.2 Å². The Labute approximate surface area is 84.6 Å². The van der Waals surface area contributed by atoms with Gasteiger partial charge in [-0.05, 0) is 5.56 Å². The number of nitrogens with zero attached hydrogens (tertiary/aromatic N) is 1. The van der Waals surface area contributed by atoms with Crippen LogP contribution in [0, 0.1) is 0 Å². The minimum Gasteiger partial charge on any atom is -0.439 e. The third-order valence-corrected chi connectivity index (χ3v) is 2.52. The van der Waals surface area contributed by atoms with Crippen LogP contribution < -0.4 is 0 Å². The van der Waals surface area contributed by atoms with Crippen molar-refractivity contribution in [1.29, 1.82) is 0 Å². The van der Waals surface area contributed by atoms with E-state index >= 15 is 0 Å². The molecule has 0 N–H and O–H groups in total. The molecule has 0 bridgehead atoms. The van der Waals surface area contributed by atoms with Crippen molar-refractivity contribution in [2.75, 3.05) is 6.54 Å². The number of hydrogen-bond acceptors (Lipinski definition) is 2. The topological polar surface area (TPSA) is 29.5 Å². The maximum absolute atomic E-state index is 11.0. The van der Waals surface area contributed by atoms with Crippen LogP contribution in [0.1, 0.15) is 11.7 Å². The first-order chi connectivity index (χ1) is 6.27. The molecule has 0 radical (unpaired) electrons. The second-order valence-corrected chi connectivity index (χ2v) is 3.68. The van der Waals surface area contributed by atoms with Crippen molar-refractivity contribution < 1.29 is 9.53 Å². The molecule has 13 heavy (non-hydrogen) atoms. The Morgan fingerprint density at radius 2 is 2.08 bits per heavy atom. The van der Waals surface area contributed by atoms with Crippen LogP contribution in [0.25, 0.3) is 0 Å². The number of benzene rings is 1. The third-order valence-electron chi connectivity index (χ3n) is 1.94. The van der Waals surface area contributed by atoms with E-state index in [1.807, 2.05) is 30.3 Å². The number of rotatable bonds is 1. The van der Waals surface area contributed by atoms with Crippen molar-refractivity contribution in [1.82, 2.24) is 3.93 Å². The van der Waals surface area contributed by atoms with Crippen LogP contribution in [0.5, 0.6) is 0 Å². The molecule has 1 aliphatic heterocycles. The molecule has 1 amide bonds. The fraction of sp³-hybridized carbons (Fsp3) is 0.222. The van der Waals surface area contributed by atoms with Crippen LogP contribution in [-0.4, -0.2) is 16.6 Å². The molecular weight excluding hydrogens is 234 g/mol. The molecule has 1 aromatic rings. The van der Waals surface area contributed by atoms with Gasteiger partial charge in [0.1, 0.15) is 6.10 Å². The van der Waals surface area contributed by atoms with Gasteiger partial charge in [0.25, 0.3) is 0 Å². The minimum atomic E-state index is -0.325. The molecule has 2 rings (SSSR count). The van der Waals surface area contributed by atoms with E-state index in [2.05, 4.69) is 16.1 Å². The molecule has 0 saturated carbocycles. The summed E-state index contributed by atoms with van der Waals surface area (Å²) in [6.45, 7) is 0.558. The van der Waals surface area contributed by atoms with Crippen molar-refractivity contribution in [2.45, 2.75) is 6.10 Å². The van der Waals surface area contributed by atoms with Crippen molar-refractivity contribution in [3.05, 3.63) is 35.9 Å². The third kappa shape index (κ3) is 1.67. The van der Waals surface area contributed by atoms with Crippen LogP contribution in [0.4, 0.5) is 4.79 Å². The Balaban J connectivity index is 2.17. The smallest absolute Gasteiger partial charge is 0.420 e. The number of hydrogen-bond donors (Lipinski definition) is 0. The summed E-state index contributed by atoms with van der Waals surface area (Å²) in [7, 11) is 0. The van der Waals surface area contributed by atoms with Crippen LogP contribution >= 0.6 is 16.1 Å². The second-order valence-electron chi connectivity index (χ2n) is 2.83. The van der Waals surface area contributed by atoms with Gasteiger partial charge in [-0.15, -0.1) is 0 Å². The average Bonchev–Trinajstić information content (AvgIpc) is 2.49. The lowest BCUT2D eigenvalue weighted by atomic mass is 10.1. The van der Waals surface area contributed by atoms with Gasteiger partial charge in [-0.1, -0.05) is 30.3 Å². The normalized spacial score (nSPS) is 21.8. The van der Waals surface area contributed by atoms with Gasteiger partial charge in [-0.25, -0.2) is 8.72 Å². The van der Waals surface area contributed by atoms with Gasteiger partial charge in [-0.2, -0.15) is 0 Å². The molecule has 3 nitrogen and oxygen atoms in total. The molecule has 1 saturated heterocycles. The highest BCUT2D eigenvalue weighted by molar-refractivity contribution is 9.07. The van der Waals surface area contributed by atoms with Gasteiger partial charge in [0.2, 0.25) is 0 Å². The van der Waals surface area contributed by atoms with E-state index in [0.717, 1.165) is 5.56 Å². The Bertz CT molecular complexity index is 315. The van der Waals surface area contributed by atoms with Crippen molar-refractivity contribution >= 4 is 22.2 Å². The summed E-state index contributed by atoms with van der Waals surface area (Å²) in [6.07, 6.45) is -0.470. The molecule has 1 unspecified atom stereocenters. The summed E-state index contributed by atoms with van der Waals surface area (Å²) in [5.74, 6) is 0. The molecule has 1 aromatic carbocycles. The standard InChI is InChI=1S/C9H8BrNO2/c10-11-6-8(13-9(11)12)7-4-2-1-3-5-7/h1-5,8H,6H2. The van der Waals surface area contributed by atoms with E-state index < -0.39 is 0 Å². The maximum Gasteiger partial charge on any atom is 0.420 e. The Kier molecular flexibility index (Phi) is 2.22. The first-order valence-corrected chi connectivity index (χ1v) is 4.67. The molecule has 4 heteroatoms.